The highest BCUT2D eigenvalue weighted by Gasteiger charge is 2.41. The molecule has 7 heteroatoms. The van der Waals surface area contributed by atoms with E-state index < -0.39 is 0 Å². The topological polar surface area (TPSA) is 84.2 Å². The Morgan fingerprint density at radius 3 is 2.78 bits per heavy atom. The summed E-state index contributed by atoms with van der Waals surface area (Å²) in [5, 5.41) is 7.36. The van der Waals surface area contributed by atoms with Crippen LogP contribution in [0.4, 0.5) is 10.5 Å². The summed E-state index contributed by atoms with van der Waals surface area (Å²) in [6.07, 6.45) is 9.27. The third kappa shape index (κ3) is 4.24. The molecule has 2 unspecified atom stereocenters. The largest absolute Gasteiger partial charge is 0.339 e. The van der Waals surface area contributed by atoms with Crippen molar-refractivity contribution in [1.29, 1.82) is 0 Å². The van der Waals surface area contributed by atoms with Crippen molar-refractivity contribution in [3.63, 3.8) is 0 Å². The highest BCUT2D eigenvalue weighted by Crippen LogP contribution is 2.40. The number of likely N-dealkylation sites (tertiary alicyclic amines) is 1. The van der Waals surface area contributed by atoms with Crippen LogP contribution in [-0.2, 0) is 6.42 Å². The molecule has 1 N–H and O–H groups in total. The van der Waals surface area contributed by atoms with Gasteiger partial charge in [-0.3, -0.25) is 4.98 Å². The third-order valence-electron chi connectivity index (χ3n) is 6.80. The van der Waals surface area contributed by atoms with Crippen molar-refractivity contribution in [2.24, 2.45) is 0 Å². The number of anilines is 1. The first kappa shape index (κ1) is 20.7. The first-order valence-corrected chi connectivity index (χ1v) is 11.6. The fourth-order valence-electron chi connectivity index (χ4n) is 4.97. The first-order valence-electron chi connectivity index (χ1n) is 11.6. The second-order valence-electron chi connectivity index (χ2n) is 8.86. The molecule has 2 aromatic heterocycles. The fraction of sp³-hybridized carbons (Fsp3) is 0.440. The van der Waals surface area contributed by atoms with Crippen molar-refractivity contribution in [1.82, 2.24) is 20.0 Å². The van der Waals surface area contributed by atoms with Crippen LogP contribution in [0.2, 0.25) is 0 Å². The van der Waals surface area contributed by atoms with Crippen molar-refractivity contribution >= 4 is 11.7 Å². The van der Waals surface area contributed by atoms with E-state index in [4.69, 9.17) is 9.51 Å². The van der Waals surface area contributed by atoms with E-state index in [1.54, 1.807) is 6.20 Å². The molecule has 1 aromatic carbocycles. The van der Waals surface area contributed by atoms with Crippen LogP contribution < -0.4 is 5.32 Å². The van der Waals surface area contributed by atoms with E-state index in [1.165, 1.54) is 18.4 Å². The van der Waals surface area contributed by atoms with Crippen LogP contribution in [0.3, 0.4) is 0 Å². The number of carbonyl (C=O) groups excluding carboxylic acids is 1. The number of carbonyl (C=O) groups is 1. The minimum Gasteiger partial charge on any atom is -0.339 e. The molecular formula is C25H29N5O2. The molecule has 2 atom stereocenters. The average molecular weight is 432 g/mol. The molecule has 2 fully saturated rings. The Bertz CT molecular complexity index is 1060. The summed E-state index contributed by atoms with van der Waals surface area (Å²) in [7, 11) is 0. The molecule has 0 bridgehead atoms. The number of hydrogen-bond donors (Lipinski definition) is 1. The van der Waals surface area contributed by atoms with E-state index in [2.05, 4.69) is 34.5 Å². The molecule has 32 heavy (non-hydrogen) atoms. The summed E-state index contributed by atoms with van der Waals surface area (Å²) in [6, 6.07) is 11.9. The maximum Gasteiger partial charge on any atom is 0.321 e. The van der Waals surface area contributed by atoms with Gasteiger partial charge in [0.1, 0.15) is 0 Å². The Balaban J connectivity index is 1.37. The van der Waals surface area contributed by atoms with E-state index in [9.17, 15) is 4.79 Å². The number of nitrogens with one attached hydrogen (secondary N) is 1. The Kier molecular flexibility index (Phi) is 5.88. The monoisotopic (exact) mass is 431 g/mol. The minimum absolute atomic E-state index is 0.0467. The van der Waals surface area contributed by atoms with Gasteiger partial charge in [-0.1, -0.05) is 43.1 Å². The van der Waals surface area contributed by atoms with Crippen molar-refractivity contribution in [2.45, 2.75) is 56.8 Å². The van der Waals surface area contributed by atoms with Gasteiger partial charge in [0.2, 0.25) is 5.89 Å². The summed E-state index contributed by atoms with van der Waals surface area (Å²) in [5.74, 6) is 1.87. The molecule has 1 saturated carbocycles. The highest BCUT2D eigenvalue weighted by atomic mass is 16.5. The van der Waals surface area contributed by atoms with Crippen LogP contribution in [0, 0.1) is 0 Å². The minimum atomic E-state index is -0.106. The molecule has 3 aromatic rings. The number of amides is 2. The number of urea groups is 1. The quantitative estimate of drug-likeness (QED) is 0.608. The smallest absolute Gasteiger partial charge is 0.321 e. The third-order valence-corrected chi connectivity index (χ3v) is 6.80. The van der Waals surface area contributed by atoms with Crippen molar-refractivity contribution < 1.29 is 9.32 Å². The zero-order valence-corrected chi connectivity index (χ0v) is 18.4. The molecule has 2 amide bonds. The number of nitrogens with zero attached hydrogens (tertiary/aromatic N) is 4. The number of aryl methyl sites for hydroxylation is 1. The van der Waals surface area contributed by atoms with E-state index in [0.29, 0.717) is 24.9 Å². The lowest BCUT2D eigenvalue weighted by atomic mass is 9.90. The molecule has 1 aliphatic heterocycles. The second kappa shape index (κ2) is 9.10. The van der Waals surface area contributed by atoms with Crippen molar-refractivity contribution in [3.05, 3.63) is 71.6 Å². The number of pyridine rings is 1. The Labute approximate surface area is 188 Å². The van der Waals surface area contributed by atoms with Gasteiger partial charge in [0.05, 0.1) is 5.92 Å². The van der Waals surface area contributed by atoms with Gasteiger partial charge >= 0.3 is 6.03 Å². The van der Waals surface area contributed by atoms with E-state index in [-0.39, 0.29) is 17.9 Å². The molecule has 1 aliphatic carbocycles. The zero-order valence-electron chi connectivity index (χ0n) is 18.4. The maximum absolute atomic E-state index is 13.1. The van der Waals surface area contributed by atoms with E-state index >= 15 is 0 Å². The van der Waals surface area contributed by atoms with Gasteiger partial charge in [-0.05, 0) is 48.6 Å². The average Bonchev–Trinajstić information content (AvgIpc) is 3.60. The SMILES string of the molecule is CCc1cccc(NC(=O)N2CC(c3cccnc3)C(c3nc(C4CCCC4)no3)C2)c1. The fourth-order valence-corrected chi connectivity index (χ4v) is 4.97. The lowest BCUT2D eigenvalue weighted by molar-refractivity contribution is 0.221. The summed E-state index contributed by atoms with van der Waals surface area (Å²) in [4.78, 5) is 24.1. The number of rotatable bonds is 5. The second-order valence-corrected chi connectivity index (χ2v) is 8.86. The highest BCUT2D eigenvalue weighted by molar-refractivity contribution is 5.89. The van der Waals surface area contributed by atoms with Crippen LogP contribution in [0.25, 0.3) is 0 Å². The summed E-state index contributed by atoms with van der Waals surface area (Å²) in [6.45, 7) is 3.22. The van der Waals surface area contributed by atoms with Gasteiger partial charge in [-0.2, -0.15) is 4.98 Å². The Morgan fingerprint density at radius 1 is 1.16 bits per heavy atom. The van der Waals surface area contributed by atoms with E-state index in [1.807, 2.05) is 35.4 Å². The van der Waals surface area contributed by atoms with Crippen LogP contribution in [0.5, 0.6) is 0 Å². The maximum atomic E-state index is 13.1. The summed E-state index contributed by atoms with van der Waals surface area (Å²) >= 11 is 0. The Morgan fingerprint density at radius 2 is 2.00 bits per heavy atom. The summed E-state index contributed by atoms with van der Waals surface area (Å²) < 4.78 is 5.75. The molecule has 5 rings (SSSR count). The molecule has 7 nitrogen and oxygen atoms in total. The summed E-state index contributed by atoms with van der Waals surface area (Å²) in [5.41, 5.74) is 3.10. The predicted octanol–water partition coefficient (Wildman–Crippen LogP) is 5.10. The van der Waals surface area contributed by atoms with Gasteiger partial charge in [-0.15, -0.1) is 0 Å². The van der Waals surface area contributed by atoms with E-state index in [0.717, 1.165) is 36.3 Å². The molecule has 166 valence electrons. The number of hydrogen-bond acceptors (Lipinski definition) is 5. The van der Waals surface area contributed by atoms with Gasteiger partial charge in [0, 0.05) is 43.0 Å². The van der Waals surface area contributed by atoms with Crippen LogP contribution in [0.1, 0.15) is 73.2 Å². The van der Waals surface area contributed by atoms with Gasteiger partial charge in [0.25, 0.3) is 0 Å². The van der Waals surface area contributed by atoms with Gasteiger partial charge in [-0.25, -0.2) is 4.79 Å². The lowest BCUT2D eigenvalue weighted by Crippen LogP contribution is -2.33. The molecule has 1 saturated heterocycles. The lowest BCUT2D eigenvalue weighted by Gasteiger charge is -2.17. The Hall–Kier alpha value is -3.22. The van der Waals surface area contributed by atoms with Crippen molar-refractivity contribution in [3.8, 4) is 0 Å². The van der Waals surface area contributed by atoms with Crippen LogP contribution in [0.15, 0.2) is 53.3 Å². The number of benzene rings is 1. The van der Waals surface area contributed by atoms with Crippen molar-refractivity contribution in [2.75, 3.05) is 18.4 Å². The van der Waals surface area contributed by atoms with Gasteiger partial charge in [0.15, 0.2) is 5.82 Å². The molecular weight excluding hydrogens is 402 g/mol. The standard InChI is InChI=1S/C25H29N5O2/c1-2-17-7-5-11-20(13-17)27-25(31)30-15-21(19-10-6-12-26-14-19)22(16-30)24-28-23(29-32-24)18-8-3-4-9-18/h5-7,10-14,18,21-22H,2-4,8-9,15-16H2,1H3,(H,27,31). The zero-order chi connectivity index (χ0) is 21.9. The van der Waals surface area contributed by atoms with Crippen LogP contribution in [-0.4, -0.2) is 39.1 Å². The van der Waals surface area contributed by atoms with Gasteiger partial charge < -0.3 is 14.7 Å². The molecule has 3 heterocycles. The molecule has 2 aliphatic rings. The van der Waals surface area contributed by atoms with Crippen LogP contribution >= 0.6 is 0 Å². The predicted molar refractivity (Wildman–Crippen MR) is 122 cm³/mol. The number of aromatic nitrogens is 3. The first-order chi connectivity index (χ1) is 15.7. The molecule has 0 spiro atoms. The normalized spacial score (nSPS) is 21.2. The molecule has 0 radical (unpaired) electrons.